The number of hydrogen-bond acceptors (Lipinski definition) is 3. The lowest BCUT2D eigenvalue weighted by molar-refractivity contribution is 0.103. The van der Waals surface area contributed by atoms with Crippen LogP contribution in [0.5, 0.6) is 5.75 Å². The molecule has 2 aromatic carbocycles. The van der Waals surface area contributed by atoms with Crippen molar-refractivity contribution in [3.05, 3.63) is 58.7 Å². The number of anilines is 1. The average molecular weight is 269 g/mol. The zero-order valence-corrected chi connectivity index (χ0v) is 12.0. The standard InChI is InChI=1S/C17H19NO2/c1-10(2)14-9-15(11(3)8-16(14)19)17(20)12-4-6-13(18)7-5-12/h4-10,19H,18H2,1-3H3. The van der Waals surface area contributed by atoms with Crippen molar-refractivity contribution in [3.8, 4) is 5.75 Å². The van der Waals surface area contributed by atoms with Crippen LogP contribution in [0.1, 0.15) is 46.8 Å². The Morgan fingerprint density at radius 2 is 1.75 bits per heavy atom. The molecule has 2 aromatic rings. The first-order valence-electron chi connectivity index (χ1n) is 6.64. The molecule has 0 saturated heterocycles. The molecule has 0 aromatic heterocycles. The number of ketones is 1. The van der Waals surface area contributed by atoms with Gasteiger partial charge in [0.25, 0.3) is 0 Å². The van der Waals surface area contributed by atoms with E-state index in [2.05, 4.69) is 0 Å². The smallest absolute Gasteiger partial charge is 0.193 e. The molecule has 0 aliphatic heterocycles. The first-order valence-corrected chi connectivity index (χ1v) is 6.64. The monoisotopic (exact) mass is 269 g/mol. The van der Waals surface area contributed by atoms with Gasteiger partial charge in [0.15, 0.2) is 5.78 Å². The van der Waals surface area contributed by atoms with E-state index in [9.17, 15) is 9.90 Å². The Morgan fingerprint density at radius 1 is 1.15 bits per heavy atom. The highest BCUT2D eigenvalue weighted by Gasteiger charge is 2.16. The first-order chi connectivity index (χ1) is 9.40. The van der Waals surface area contributed by atoms with Crippen LogP contribution in [0.15, 0.2) is 36.4 Å². The Morgan fingerprint density at radius 3 is 2.30 bits per heavy atom. The summed E-state index contributed by atoms with van der Waals surface area (Å²) >= 11 is 0. The van der Waals surface area contributed by atoms with Gasteiger partial charge < -0.3 is 10.8 Å². The molecule has 0 radical (unpaired) electrons. The van der Waals surface area contributed by atoms with Crippen LogP contribution in [0.25, 0.3) is 0 Å². The van der Waals surface area contributed by atoms with Crippen LogP contribution in [-0.4, -0.2) is 10.9 Å². The van der Waals surface area contributed by atoms with Crippen LogP contribution in [-0.2, 0) is 0 Å². The van der Waals surface area contributed by atoms with Crippen molar-refractivity contribution >= 4 is 11.5 Å². The van der Waals surface area contributed by atoms with Gasteiger partial charge in [0.1, 0.15) is 5.75 Å². The lowest BCUT2D eigenvalue weighted by Crippen LogP contribution is -2.05. The van der Waals surface area contributed by atoms with E-state index in [-0.39, 0.29) is 17.5 Å². The minimum atomic E-state index is -0.0515. The van der Waals surface area contributed by atoms with Crippen molar-refractivity contribution in [1.29, 1.82) is 0 Å². The summed E-state index contributed by atoms with van der Waals surface area (Å²) in [5.74, 6) is 0.351. The fourth-order valence-corrected chi connectivity index (χ4v) is 2.21. The van der Waals surface area contributed by atoms with E-state index < -0.39 is 0 Å². The van der Waals surface area contributed by atoms with Gasteiger partial charge in [-0.2, -0.15) is 0 Å². The van der Waals surface area contributed by atoms with Crippen molar-refractivity contribution in [1.82, 2.24) is 0 Å². The van der Waals surface area contributed by atoms with Crippen molar-refractivity contribution in [2.75, 3.05) is 5.73 Å². The molecule has 3 heteroatoms. The van der Waals surface area contributed by atoms with Gasteiger partial charge in [-0.05, 0) is 60.4 Å². The maximum absolute atomic E-state index is 12.5. The summed E-state index contributed by atoms with van der Waals surface area (Å²) in [6.45, 7) is 5.80. The summed E-state index contributed by atoms with van der Waals surface area (Å²) in [6.07, 6.45) is 0. The van der Waals surface area contributed by atoms with Crippen LogP contribution >= 0.6 is 0 Å². The molecule has 0 bridgehead atoms. The molecule has 3 N–H and O–H groups in total. The molecule has 0 heterocycles. The van der Waals surface area contributed by atoms with Gasteiger partial charge in [-0.1, -0.05) is 13.8 Å². The Balaban J connectivity index is 2.49. The molecule has 0 saturated carbocycles. The van der Waals surface area contributed by atoms with Crippen molar-refractivity contribution in [2.24, 2.45) is 0 Å². The number of rotatable bonds is 3. The second-order valence-electron chi connectivity index (χ2n) is 5.33. The number of carbonyl (C=O) groups is 1. The predicted octanol–water partition coefficient (Wildman–Crippen LogP) is 3.64. The van der Waals surface area contributed by atoms with Gasteiger partial charge in [0.2, 0.25) is 0 Å². The van der Waals surface area contributed by atoms with E-state index in [1.807, 2.05) is 20.8 Å². The van der Waals surface area contributed by atoms with Gasteiger partial charge in [0, 0.05) is 16.8 Å². The lowest BCUT2D eigenvalue weighted by atomic mass is 9.92. The minimum Gasteiger partial charge on any atom is -0.508 e. The number of phenols is 1. The van der Waals surface area contributed by atoms with E-state index in [4.69, 9.17) is 5.73 Å². The molecular formula is C17H19NO2. The van der Waals surface area contributed by atoms with Crippen LogP contribution in [0.2, 0.25) is 0 Å². The van der Waals surface area contributed by atoms with Crippen LogP contribution in [0.3, 0.4) is 0 Å². The maximum atomic E-state index is 12.5. The predicted molar refractivity (Wildman–Crippen MR) is 81.2 cm³/mol. The summed E-state index contributed by atoms with van der Waals surface area (Å²) in [6, 6.07) is 10.3. The molecule has 104 valence electrons. The topological polar surface area (TPSA) is 63.3 Å². The highest BCUT2D eigenvalue weighted by molar-refractivity contribution is 6.10. The molecule has 0 unspecified atom stereocenters. The van der Waals surface area contributed by atoms with Crippen molar-refractivity contribution in [3.63, 3.8) is 0 Å². The van der Waals surface area contributed by atoms with Gasteiger partial charge in [-0.3, -0.25) is 4.79 Å². The summed E-state index contributed by atoms with van der Waals surface area (Å²) in [5.41, 5.74) is 9.05. The average Bonchev–Trinajstić information content (AvgIpc) is 2.38. The number of benzene rings is 2. The Hall–Kier alpha value is -2.29. The second kappa shape index (κ2) is 5.37. The largest absolute Gasteiger partial charge is 0.508 e. The molecule has 0 fully saturated rings. The van der Waals surface area contributed by atoms with Crippen LogP contribution < -0.4 is 5.73 Å². The number of hydrogen-bond donors (Lipinski definition) is 2. The number of aromatic hydroxyl groups is 1. The molecule has 0 amide bonds. The summed E-state index contributed by atoms with van der Waals surface area (Å²) in [5, 5.41) is 9.95. The molecule has 0 spiro atoms. The van der Waals surface area contributed by atoms with Crippen molar-refractivity contribution in [2.45, 2.75) is 26.7 Å². The van der Waals surface area contributed by atoms with Crippen LogP contribution in [0.4, 0.5) is 5.69 Å². The Labute approximate surface area is 119 Å². The summed E-state index contributed by atoms with van der Waals surface area (Å²) in [4.78, 5) is 12.5. The maximum Gasteiger partial charge on any atom is 0.193 e. The summed E-state index contributed by atoms with van der Waals surface area (Å²) in [7, 11) is 0. The number of nitrogens with two attached hydrogens (primary N) is 1. The number of nitrogen functional groups attached to an aromatic ring is 1. The lowest BCUT2D eigenvalue weighted by Gasteiger charge is -2.13. The molecule has 2 rings (SSSR count). The third kappa shape index (κ3) is 2.67. The molecule has 0 aliphatic carbocycles. The van der Waals surface area contributed by atoms with Gasteiger partial charge in [-0.15, -0.1) is 0 Å². The fraction of sp³-hybridized carbons (Fsp3) is 0.235. The molecule has 20 heavy (non-hydrogen) atoms. The summed E-state index contributed by atoms with van der Waals surface area (Å²) < 4.78 is 0. The third-order valence-corrected chi connectivity index (χ3v) is 3.41. The number of phenolic OH excluding ortho intramolecular Hbond substituents is 1. The highest BCUT2D eigenvalue weighted by Crippen LogP contribution is 2.29. The van der Waals surface area contributed by atoms with E-state index >= 15 is 0 Å². The van der Waals surface area contributed by atoms with Gasteiger partial charge >= 0.3 is 0 Å². The minimum absolute atomic E-state index is 0.0515. The SMILES string of the molecule is Cc1cc(O)c(C(C)C)cc1C(=O)c1ccc(N)cc1. The number of carbonyl (C=O) groups excluding carboxylic acids is 1. The van der Waals surface area contributed by atoms with Gasteiger partial charge in [-0.25, -0.2) is 0 Å². The van der Waals surface area contributed by atoms with E-state index in [0.717, 1.165) is 11.1 Å². The Bertz CT molecular complexity index is 643. The normalized spacial score (nSPS) is 10.8. The van der Waals surface area contributed by atoms with E-state index in [1.165, 1.54) is 0 Å². The van der Waals surface area contributed by atoms with E-state index in [1.54, 1.807) is 36.4 Å². The quantitative estimate of drug-likeness (QED) is 0.660. The van der Waals surface area contributed by atoms with Crippen molar-refractivity contribution < 1.29 is 9.90 Å². The molecular weight excluding hydrogens is 250 g/mol. The zero-order chi connectivity index (χ0) is 14.9. The highest BCUT2D eigenvalue weighted by atomic mass is 16.3. The molecule has 3 nitrogen and oxygen atoms in total. The van der Waals surface area contributed by atoms with Crippen LogP contribution in [0, 0.1) is 6.92 Å². The molecule has 0 aliphatic rings. The van der Waals surface area contributed by atoms with E-state index in [0.29, 0.717) is 16.8 Å². The fourth-order valence-electron chi connectivity index (χ4n) is 2.21. The Kier molecular flexibility index (Phi) is 3.79. The second-order valence-corrected chi connectivity index (χ2v) is 5.33. The first kappa shape index (κ1) is 14.1. The van der Waals surface area contributed by atoms with Gasteiger partial charge in [0.05, 0.1) is 0 Å². The third-order valence-electron chi connectivity index (χ3n) is 3.41. The number of aryl methyl sites for hydroxylation is 1. The molecule has 0 atom stereocenters. The zero-order valence-electron chi connectivity index (χ0n) is 12.0.